The Morgan fingerprint density at radius 1 is 1.20 bits per heavy atom. The minimum atomic E-state index is 0.203. The van der Waals surface area contributed by atoms with E-state index in [2.05, 4.69) is 53.3 Å². The van der Waals surface area contributed by atoms with Gasteiger partial charge in [0.05, 0.1) is 11.6 Å². The average Bonchev–Trinajstić information content (AvgIpc) is 2.49. The number of aryl methyl sites for hydroxylation is 1. The van der Waals surface area contributed by atoms with Crippen LogP contribution in [0.2, 0.25) is 0 Å². The molecule has 0 aliphatic heterocycles. The molecule has 2 aromatic rings. The number of halogens is 1. The van der Waals surface area contributed by atoms with Gasteiger partial charge in [-0.15, -0.1) is 0 Å². The molecule has 3 heteroatoms. The maximum absolute atomic E-state index is 8.83. The largest absolute Gasteiger partial charge is 0.378 e. The molecule has 0 aromatic heterocycles. The molecule has 2 aromatic carbocycles. The highest BCUT2D eigenvalue weighted by atomic mass is 79.9. The summed E-state index contributed by atoms with van der Waals surface area (Å²) in [6, 6.07) is 16.4. The Bertz CT molecular complexity index is 626. The molecule has 20 heavy (non-hydrogen) atoms. The average molecular weight is 329 g/mol. The monoisotopic (exact) mass is 328 g/mol. The van der Waals surface area contributed by atoms with Crippen LogP contribution in [0.5, 0.6) is 0 Å². The van der Waals surface area contributed by atoms with Gasteiger partial charge < -0.3 is 5.32 Å². The maximum Gasteiger partial charge on any atom is 0.0991 e. The van der Waals surface area contributed by atoms with Crippen molar-refractivity contribution in [2.75, 3.05) is 5.32 Å². The van der Waals surface area contributed by atoms with Gasteiger partial charge in [-0.3, -0.25) is 0 Å². The summed E-state index contributed by atoms with van der Waals surface area (Å²) >= 11 is 3.51. The summed E-state index contributed by atoms with van der Waals surface area (Å²) in [5.74, 6) is 0. The van der Waals surface area contributed by atoms with Crippen LogP contribution in [0.4, 0.5) is 5.69 Å². The molecule has 1 atom stereocenters. The number of nitrogens with zero attached hydrogens (tertiary/aromatic N) is 1. The predicted molar refractivity (Wildman–Crippen MR) is 86.7 cm³/mol. The molecule has 2 nitrogen and oxygen atoms in total. The van der Waals surface area contributed by atoms with E-state index in [-0.39, 0.29) is 6.04 Å². The third kappa shape index (κ3) is 3.40. The smallest absolute Gasteiger partial charge is 0.0991 e. The Labute approximate surface area is 128 Å². The lowest BCUT2D eigenvalue weighted by molar-refractivity contribution is 0.879. The van der Waals surface area contributed by atoms with Crippen LogP contribution in [-0.4, -0.2) is 0 Å². The second-order valence-electron chi connectivity index (χ2n) is 4.75. The molecular formula is C17H17BrN2. The summed E-state index contributed by atoms with van der Waals surface area (Å²) in [7, 11) is 0. The number of rotatable bonds is 4. The van der Waals surface area contributed by atoms with Gasteiger partial charge in [0, 0.05) is 16.2 Å². The van der Waals surface area contributed by atoms with Gasteiger partial charge in [-0.1, -0.05) is 35.0 Å². The topological polar surface area (TPSA) is 35.8 Å². The molecule has 0 fully saturated rings. The van der Waals surface area contributed by atoms with Crippen LogP contribution in [0.25, 0.3) is 0 Å². The van der Waals surface area contributed by atoms with E-state index in [1.54, 1.807) is 0 Å². The molecule has 0 saturated heterocycles. The quantitative estimate of drug-likeness (QED) is 0.851. The van der Waals surface area contributed by atoms with Crippen molar-refractivity contribution < 1.29 is 0 Å². The van der Waals surface area contributed by atoms with E-state index in [0.29, 0.717) is 5.56 Å². The van der Waals surface area contributed by atoms with Gasteiger partial charge in [-0.2, -0.15) is 5.26 Å². The minimum Gasteiger partial charge on any atom is -0.378 e. The van der Waals surface area contributed by atoms with Crippen LogP contribution in [0.3, 0.4) is 0 Å². The highest BCUT2D eigenvalue weighted by Crippen LogP contribution is 2.26. The number of anilines is 1. The summed E-state index contributed by atoms with van der Waals surface area (Å²) < 4.78 is 1.10. The van der Waals surface area contributed by atoms with E-state index < -0.39 is 0 Å². The Hall–Kier alpha value is -1.79. The second kappa shape index (κ2) is 6.58. The number of nitrogens with one attached hydrogen (secondary N) is 1. The maximum atomic E-state index is 8.83. The lowest BCUT2D eigenvalue weighted by Crippen LogP contribution is -2.08. The van der Waals surface area contributed by atoms with Crippen molar-refractivity contribution in [3.8, 4) is 6.07 Å². The Balaban J connectivity index is 2.18. The number of hydrogen-bond acceptors (Lipinski definition) is 2. The summed E-state index contributed by atoms with van der Waals surface area (Å²) in [4.78, 5) is 0. The summed E-state index contributed by atoms with van der Waals surface area (Å²) in [5, 5.41) is 12.4. The van der Waals surface area contributed by atoms with Crippen LogP contribution < -0.4 is 5.32 Å². The van der Waals surface area contributed by atoms with Gasteiger partial charge in [-0.25, -0.2) is 0 Å². The van der Waals surface area contributed by atoms with Gasteiger partial charge in [0.25, 0.3) is 0 Å². The van der Waals surface area contributed by atoms with Gasteiger partial charge in [0.15, 0.2) is 0 Å². The zero-order chi connectivity index (χ0) is 14.5. The van der Waals surface area contributed by atoms with Crippen molar-refractivity contribution in [2.24, 2.45) is 0 Å². The summed E-state index contributed by atoms with van der Waals surface area (Å²) in [5.41, 5.74) is 4.32. The molecular weight excluding hydrogens is 312 g/mol. The minimum absolute atomic E-state index is 0.203. The first-order valence-corrected chi connectivity index (χ1v) is 7.48. The van der Waals surface area contributed by atoms with Crippen molar-refractivity contribution in [3.05, 3.63) is 63.6 Å². The molecule has 0 bridgehead atoms. The van der Waals surface area contributed by atoms with Crippen LogP contribution in [0.1, 0.15) is 36.6 Å². The highest BCUT2D eigenvalue weighted by molar-refractivity contribution is 9.10. The fourth-order valence-electron chi connectivity index (χ4n) is 2.16. The van der Waals surface area contributed by atoms with E-state index in [9.17, 15) is 0 Å². The summed E-state index contributed by atoms with van der Waals surface area (Å²) in [6.45, 7) is 4.28. The van der Waals surface area contributed by atoms with Crippen molar-refractivity contribution >= 4 is 21.6 Å². The first-order chi connectivity index (χ1) is 9.63. The SMILES string of the molecule is CCc1cc(Br)ccc1NC(C)c1ccc(C#N)cc1. The van der Waals surface area contributed by atoms with Crippen LogP contribution in [0.15, 0.2) is 46.9 Å². The molecule has 2 rings (SSSR count). The van der Waals surface area contributed by atoms with Crippen molar-refractivity contribution in [1.29, 1.82) is 5.26 Å². The third-order valence-corrected chi connectivity index (χ3v) is 3.85. The standard InChI is InChI=1S/C17H17BrN2/c1-3-14-10-16(18)8-9-17(14)20-12(2)15-6-4-13(11-19)5-7-15/h4-10,12,20H,3H2,1-2H3. The molecule has 0 radical (unpaired) electrons. The molecule has 0 spiro atoms. The predicted octanol–water partition coefficient (Wildman–Crippen LogP) is 5.06. The fraction of sp³-hybridized carbons (Fsp3) is 0.235. The molecule has 0 aliphatic carbocycles. The van der Waals surface area contributed by atoms with Gasteiger partial charge in [0.2, 0.25) is 0 Å². The van der Waals surface area contributed by atoms with E-state index in [1.807, 2.05) is 30.3 Å². The number of hydrogen-bond donors (Lipinski definition) is 1. The normalized spacial score (nSPS) is 11.7. The lowest BCUT2D eigenvalue weighted by Gasteiger charge is -2.18. The van der Waals surface area contributed by atoms with Crippen molar-refractivity contribution in [1.82, 2.24) is 0 Å². The molecule has 1 unspecified atom stereocenters. The van der Waals surface area contributed by atoms with Crippen LogP contribution in [0, 0.1) is 11.3 Å². The first-order valence-electron chi connectivity index (χ1n) is 6.69. The van der Waals surface area contributed by atoms with E-state index in [1.165, 1.54) is 11.1 Å². The Kier molecular flexibility index (Phi) is 4.81. The number of nitriles is 1. The summed E-state index contributed by atoms with van der Waals surface area (Å²) in [6.07, 6.45) is 0.988. The second-order valence-corrected chi connectivity index (χ2v) is 5.67. The van der Waals surface area contributed by atoms with Gasteiger partial charge in [0.1, 0.15) is 0 Å². The molecule has 0 amide bonds. The van der Waals surface area contributed by atoms with Crippen molar-refractivity contribution in [3.63, 3.8) is 0 Å². The van der Waals surface area contributed by atoms with Gasteiger partial charge in [-0.05, 0) is 54.8 Å². The lowest BCUT2D eigenvalue weighted by atomic mass is 10.0. The molecule has 1 N–H and O–H groups in total. The Morgan fingerprint density at radius 3 is 2.50 bits per heavy atom. The Morgan fingerprint density at radius 2 is 1.90 bits per heavy atom. The molecule has 0 saturated carbocycles. The van der Waals surface area contributed by atoms with E-state index in [0.717, 1.165) is 16.6 Å². The zero-order valence-corrected chi connectivity index (χ0v) is 13.2. The fourth-order valence-corrected chi connectivity index (χ4v) is 2.57. The number of benzene rings is 2. The van der Waals surface area contributed by atoms with Crippen LogP contribution >= 0.6 is 15.9 Å². The molecule has 102 valence electrons. The third-order valence-electron chi connectivity index (χ3n) is 3.36. The zero-order valence-electron chi connectivity index (χ0n) is 11.7. The highest BCUT2D eigenvalue weighted by Gasteiger charge is 2.08. The van der Waals surface area contributed by atoms with E-state index >= 15 is 0 Å². The first kappa shape index (κ1) is 14.6. The van der Waals surface area contributed by atoms with E-state index in [4.69, 9.17) is 5.26 Å². The van der Waals surface area contributed by atoms with Crippen LogP contribution in [-0.2, 0) is 6.42 Å². The molecule has 0 heterocycles. The molecule has 0 aliphatic rings. The van der Waals surface area contributed by atoms with Crippen molar-refractivity contribution in [2.45, 2.75) is 26.3 Å². The van der Waals surface area contributed by atoms with Gasteiger partial charge >= 0.3 is 0 Å².